The summed E-state index contributed by atoms with van der Waals surface area (Å²) >= 11 is 7.29. The molecule has 0 saturated carbocycles. The third kappa shape index (κ3) is 4.08. The smallest absolute Gasteiger partial charge is 0.170 e. The molecule has 6 heteroatoms. The fourth-order valence-corrected chi connectivity index (χ4v) is 4.57. The number of unbranched alkanes of at least 4 members (excludes halogenated alkanes) is 1. The van der Waals surface area contributed by atoms with E-state index in [2.05, 4.69) is 40.3 Å². The summed E-state index contributed by atoms with van der Waals surface area (Å²) < 4.78 is 6.28. The molecule has 1 fully saturated rings. The van der Waals surface area contributed by atoms with E-state index < -0.39 is 0 Å². The molecule has 28 heavy (non-hydrogen) atoms. The lowest BCUT2D eigenvalue weighted by molar-refractivity contribution is 0.257. The van der Waals surface area contributed by atoms with Crippen molar-refractivity contribution < 1.29 is 4.42 Å². The van der Waals surface area contributed by atoms with Crippen LogP contribution in [-0.4, -0.2) is 21.5 Å². The van der Waals surface area contributed by atoms with Gasteiger partial charge in [0.2, 0.25) is 0 Å². The van der Waals surface area contributed by atoms with Crippen LogP contribution in [0.2, 0.25) is 0 Å². The Hall–Kier alpha value is -2.31. The summed E-state index contributed by atoms with van der Waals surface area (Å²) in [5, 5.41) is 5.11. The average Bonchev–Trinajstić information content (AvgIpc) is 3.31. The Morgan fingerprint density at radius 1 is 1.11 bits per heavy atom. The number of thiocarbonyl (C=S) groups is 1. The van der Waals surface area contributed by atoms with Crippen molar-refractivity contribution in [3.05, 3.63) is 78.3 Å². The second-order valence-electron chi connectivity index (χ2n) is 6.75. The van der Waals surface area contributed by atoms with Crippen LogP contribution in [0.15, 0.2) is 81.3 Å². The van der Waals surface area contributed by atoms with E-state index in [1.54, 1.807) is 11.8 Å². The molecule has 0 radical (unpaired) electrons. The van der Waals surface area contributed by atoms with Gasteiger partial charge in [0.15, 0.2) is 10.2 Å². The highest BCUT2D eigenvalue weighted by atomic mass is 32.2. The molecule has 1 aliphatic rings. The van der Waals surface area contributed by atoms with Gasteiger partial charge < -0.3 is 14.6 Å². The van der Waals surface area contributed by atoms with E-state index in [0.29, 0.717) is 0 Å². The lowest BCUT2D eigenvalue weighted by Gasteiger charge is -2.25. The first kappa shape index (κ1) is 19.0. The number of rotatable bonds is 7. The van der Waals surface area contributed by atoms with Crippen molar-refractivity contribution in [2.24, 2.45) is 0 Å². The maximum absolute atomic E-state index is 6.28. The standard InChI is InChI=1S/C22H23N3OS2/c1-2-3-15-25-21(20(24-22(25)27)17-11-7-8-14-23-17)18-12-13-19(26-18)28-16-9-5-4-6-10-16/h4-14,20-21H,2-3,15H2,1H3,(H,24,27)/t20-,21-/m0/s1. The van der Waals surface area contributed by atoms with Crippen LogP contribution in [-0.2, 0) is 0 Å². The van der Waals surface area contributed by atoms with Crippen LogP contribution in [0.1, 0.15) is 43.3 Å². The van der Waals surface area contributed by atoms with E-state index in [-0.39, 0.29) is 12.1 Å². The predicted octanol–water partition coefficient (Wildman–Crippen LogP) is 5.60. The molecule has 0 spiro atoms. The van der Waals surface area contributed by atoms with Crippen LogP contribution in [0.25, 0.3) is 0 Å². The molecule has 1 saturated heterocycles. The van der Waals surface area contributed by atoms with Crippen molar-refractivity contribution in [1.82, 2.24) is 15.2 Å². The van der Waals surface area contributed by atoms with E-state index in [4.69, 9.17) is 16.6 Å². The average molecular weight is 410 g/mol. The highest BCUT2D eigenvalue weighted by molar-refractivity contribution is 7.99. The summed E-state index contributed by atoms with van der Waals surface area (Å²) in [6.07, 6.45) is 4.03. The van der Waals surface area contributed by atoms with Gasteiger partial charge in [-0.25, -0.2) is 0 Å². The highest BCUT2D eigenvalue weighted by Crippen LogP contribution is 2.41. The molecule has 1 aromatic carbocycles. The molecule has 3 heterocycles. The Kier molecular flexibility index (Phi) is 5.98. The summed E-state index contributed by atoms with van der Waals surface area (Å²) in [6, 6.07) is 20.3. The Morgan fingerprint density at radius 2 is 1.93 bits per heavy atom. The molecular formula is C22H23N3OS2. The van der Waals surface area contributed by atoms with Gasteiger partial charge >= 0.3 is 0 Å². The Balaban J connectivity index is 1.63. The SMILES string of the molecule is CCCCN1C(=S)N[C@@H](c2ccccn2)[C@@H]1c1ccc(Sc2ccccc2)o1. The minimum atomic E-state index is -0.0220. The molecule has 4 nitrogen and oxygen atoms in total. The minimum Gasteiger partial charge on any atom is -0.452 e. The molecule has 2 aromatic heterocycles. The summed E-state index contributed by atoms with van der Waals surface area (Å²) in [4.78, 5) is 7.97. The van der Waals surface area contributed by atoms with Crippen LogP contribution in [0.5, 0.6) is 0 Å². The van der Waals surface area contributed by atoms with Gasteiger partial charge in [-0.1, -0.05) is 49.4 Å². The van der Waals surface area contributed by atoms with Gasteiger partial charge in [-0.2, -0.15) is 0 Å². The topological polar surface area (TPSA) is 41.3 Å². The van der Waals surface area contributed by atoms with Gasteiger partial charge in [0.1, 0.15) is 11.8 Å². The van der Waals surface area contributed by atoms with Gasteiger partial charge in [-0.15, -0.1) is 0 Å². The zero-order valence-corrected chi connectivity index (χ0v) is 17.4. The number of benzene rings is 1. The van der Waals surface area contributed by atoms with Crippen molar-refractivity contribution in [2.45, 2.75) is 41.8 Å². The Bertz CT molecular complexity index is 914. The van der Waals surface area contributed by atoms with Crippen LogP contribution in [0.4, 0.5) is 0 Å². The van der Waals surface area contributed by atoms with E-state index in [0.717, 1.165) is 45.9 Å². The third-order valence-electron chi connectivity index (χ3n) is 4.81. The predicted molar refractivity (Wildman–Crippen MR) is 116 cm³/mol. The lowest BCUT2D eigenvalue weighted by atomic mass is 10.0. The monoisotopic (exact) mass is 409 g/mol. The minimum absolute atomic E-state index is 0.000858. The van der Waals surface area contributed by atoms with Crippen LogP contribution < -0.4 is 5.32 Å². The van der Waals surface area contributed by atoms with E-state index in [1.165, 1.54) is 0 Å². The van der Waals surface area contributed by atoms with Crippen molar-refractivity contribution in [1.29, 1.82) is 0 Å². The largest absolute Gasteiger partial charge is 0.452 e. The number of furan rings is 1. The summed E-state index contributed by atoms with van der Waals surface area (Å²) in [5.74, 6) is 0.914. The molecule has 3 aromatic rings. The Morgan fingerprint density at radius 3 is 2.68 bits per heavy atom. The molecule has 0 unspecified atom stereocenters. The second kappa shape index (κ2) is 8.80. The fourth-order valence-electron chi connectivity index (χ4n) is 3.44. The maximum atomic E-state index is 6.28. The number of nitrogens with one attached hydrogen (secondary N) is 1. The van der Waals surface area contributed by atoms with Gasteiger partial charge in [0, 0.05) is 17.6 Å². The number of hydrogen-bond acceptors (Lipinski definition) is 4. The number of hydrogen-bond donors (Lipinski definition) is 1. The molecule has 0 amide bonds. The van der Waals surface area contributed by atoms with Gasteiger partial charge in [-0.05, 0) is 55.0 Å². The second-order valence-corrected chi connectivity index (χ2v) is 8.21. The maximum Gasteiger partial charge on any atom is 0.170 e. The van der Waals surface area contributed by atoms with Crippen LogP contribution >= 0.6 is 24.0 Å². The van der Waals surface area contributed by atoms with Crippen LogP contribution in [0.3, 0.4) is 0 Å². The molecule has 4 rings (SSSR count). The van der Waals surface area contributed by atoms with E-state index >= 15 is 0 Å². The number of pyridine rings is 1. The zero-order valence-electron chi connectivity index (χ0n) is 15.7. The van der Waals surface area contributed by atoms with Crippen molar-refractivity contribution in [3.63, 3.8) is 0 Å². The van der Waals surface area contributed by atoms with Gasteiger partial charge in [0.25, 0.3) is 0 Å². The summed E-state index contributed by atoms with van der Waals surface area (Å²) in [7, 11) is 0. The van der Waals surface area contributed by atoms with Gasteiger partial charge in [0.05, 0.1) is 11.7 Å². The first-order valence-electron chi connectivity index (χ1n) is 9.57. The van der Waals surface area contributed by atoms with Crippen molar-refractivity contribution >= 4 is 29.1 Å². The van der Waals surface area contributed by atoms with Crippen molar-refractivity contribution in [2.75, 3.05) is 6.54 Å². The first-order chi connectivity index (χ1) is 13.8. The van der Waals surface area contributed by atoms with Crippen LogP contribution in [0, 0.1) is 0 Å². The zero-order chi connectivity index (χ0) is 19.3. The van der Waals surface area contributed by atoms with E-state index in [1.807, 2.05) is 48.7 Å². The lowest BCUT2D eigenvalue weighted by Crippen LogP contribution is -2.30. The Labute approximate surface area is 175 Å². The van der Waals surface area contributed by atoms with E-state index in [9.17, 15) is 0 Å². The fraction of sp³-hybridized carbons (Fsp3) is 0.273. The normalized spacial score (nSPS) is 19.0. The molecule has 144 valence electrons. The third-order valence-corrected chi connectivity index (χ3v) is 6.09. The molecular weight excluding hydrogens is 386 g/mol. The number of aromatic nitrogens is 1. The quantitative estimate of drug-likeness (QED) is 0.512. The highest BCUT2D eigenvalue weighted by Gasteiger charge is 2.41. The van der Waals surface area contributed by atoms with Crippen molar-refractivity contribution in [3.8, 4) is 0 Å². The summed E-state index contributed by atoms with van der Waals surface area (Å²) in [5.41, 5.74) is 0.975. The molecule has 1 N–H and O–H groups in total. The van der Waals surface area contributed by atoms with Gasteiger partial charge in [-0.3, -0.25) is 4.98 Å². The number of nitrogens with zero attached hydrogens (tertiary/aromatic N) is 2. The molecule has 0 aliphatic carbocycles. The molecule has 2 atom stereocenters. The summed E-state index contributed by atoms with van der Waals surface area (Å²) in [6.45, 7) is 3.09. The molecule has 0 bridgehead atoms. The first-order valence-corrected chi connectivity index (χ1v) is 10.8. The molecule has 1 aliphatic heterocycles.